The van der Waals surface area contributed by atoms with Crippen LogP contribution in [0.25, 0.3) is 0 Å². The zero-order valence-electron chi connectivity index (χ0n) is 11.3. The Morgan fingerprint density at radius 2 is 2.05 bits per heavy atom. The largest absolute Gasteiger partial charge is 0.350 e. The fourth-order valence-corrected chi connectivity index (χ4v) is 2.34. The highest BCUT2D eigenvalue weighted by atomic mass is 79.9. The Morgan fingerprint density at radius 3 is 2.60 bits per heavy atom. The molecule has 1 saturated heterocycles. The van der Waals surface area contributed by atoms with E-state index in [4.69, 9.17) is 0 Å². The van der Waals surface area contributed by atoms with Crippen molar-refractivity contribution in [3.63, 3.8) is 0 Å². The van der Waals surface area contributed by atoms with E-state index in [9.17, 15) is 4.79 Å². The van der Waals surface area contributed by atoms with E-state index in [1.165, 1.54) is 0 Å². The topological polar surface area (TPSA) is 54.0 Å². The molecule has 4 nitrogen and oxygen atoms in total. The number of aromatic nitrogens is 1. The second-order valence-corrected chi connectivity index (χ2v) is 6.02. The first-order chi connectivity index (χ1) is 8.59. The van der Waals surface area contributed by atoms with Gasteiger partial charge in [-0.05, 0) is 59.4 Å². The number of piperidine rings is 1. The lowest BCUT2D eigenvalue weighted by Crippen LogP contribution is -2.43. The molecule has 1 aromatic heterocycles. The van der Waals surface area contributed by atoms with Crippen LogP contribution in [0.3, 0.4) is 0 Å². The van der Waals surface area contributed by atoms with Crippen LogP contribution in [0.1, 0.15) is 30.3 Å². The van der Waals surface area contributed by atoms with Gasteiger partial charge in [-0.3, -0.25) is 4.79 Å². The van der Waals surface area contributed by atoms with Crippen molar-refractivity contribution in [2.45, 2.75) is 19.8 Å². The van der Waals surface area contributed by atoms with E-state index in [1.54, 1.807) is 12.3 Å². The maximum Gasteiger partial charge on any atom is 0.269 e. The lowest BCUT2D eigenvalue weighted by Gasteiger charge is -2.34. The third-order valence-electron chi connectivity index (χ3n) is 3.45. The van der Waals surface area contributed by atoms with Gasteiger partial charge in [-0.1, -0.05) is 6.92 Å². The molecule has 2 rings (SSSR count). The molecular formula is C13H20BrCl2N3O. The number of halogens is 3. The summed E-state index contributed by atoms with van der Waals surface area (Å²) in [5.41, 5.74) is 0.673. The number of rotatable bonds is 3. The Bertz CT molecular complexity index is 422. The van der Waals surface area contributed by atoms with Gasteiger partial charge in [0, 0.05) is 17.2 Å². The van der Waals surface area contributed by atoms with E-state index >= 15 is 0 Å². The summed E-state index contributed by atoms with van der Waals surface area (Å²) in [5, 5.41) is 6.32. The van der Waals surface area contributed by atoms with Gasteiger partial charge in [-0.15, -0.1) is 24.8 Å². The number of pyridine rings is 1. The minimum absolute atomic E-state index is 0. The van der Waals surface area contributed by atoms with Crippen molar-refractivity contribution in [2.24, 2.45) is 5.41 Å². The Morgan fingerprint density at radius 1 is 1.40 bits per heavy atom. The molecule has 0 aromatic carbocycles. The van der Waals surface area contributed by atoms with Crippen molar-refractivity contribution in [2.75, 3.05) is 19.6 Å². The van der Waals surface area contributed by atoms with Crippen molar-refractivity contribution >= 4 is 46.7 Å². The van der Waals surface area contributed by atoms with E-state index in [1.807, 2.05) is 6.07 Å². The zero-order valence-corrected chi connectivity index (χ0v) is 14.5. The molecule has 1 aliphatic heterocycles. The number of hydrogen-bond acceptors (Lipinski definition) is 3. The van der Waals surface area contributed by atoms with Crippen LogP contribution >= 0.6 is 40.7 Å². The van der Waals surface area contributed by atoms with Crippen LogP contribution in [0.4, 0.5) is 0 Å². The van der Waals surface area contributed by atoms with Gasteiger partial charge in [0.05, 0.1) is 0 Å². The first-order valence-corrected chi connectivity index (χ1v) is 6.99. The molecule has 0 saturated carbocycles. The first kappa shape index (κ1) is 19.6. The highest BCUT2D eigenvalue weighted by Crippen LogP contribution is 2.26. The summed E-state index contributed by atoms with van der Waals surface area (Å²) < 4.78 is 0.879. The predicted octanol–water partition coefficient (Wildman–Crippen LogP) is 2.81. The average molecular weight is 385 g/mol. The van der Waals surface area contributed by atoms with Gasteiger partial charge in [0.15, 0.2) is 0 Å². The smallest absolute Gasteiger partial charge is 0.269 e. The van der Waals surface area contributed by atoms with Crippen LogP contribution in [0.2, 0.25) is 0 Å². The van der Waals surface area contributed by atoms with Crippen molar-refractivity contribution in [1.29, 1.82) is 0 Å². The number of carbonyl (C=O) groups excluding carboxylic acids is 1. The molecule has 0 atom stereocenters. The molecule has 0 radical (unpaired) electrons. The number of nitrogens with one attached hydrogen (secondary N) is 2. The molecule has 0 bridgehead atoms. The number of nitrogens with zero attached hydrogens (tertiary/aromatic N) is 1. The summed E-state index contributed by atoms with van der Waals surface area (Å²) >= 11 is 3.30. The van der Waals surface area contributed by atoms with Crippen LogP contribution in [0, 0.1) is 5.41 Å². The lowest BCUT2D eigenvalue weighted by atomic mass is 9.81. The van der Waals surface area contributed by atoms with E-state index in [2.05, 4.69) is 38.5 Å². The SMILES string of the molecule is CC1(CNC(=O)c2ccc(Br)cn2)CCNCC1.Cl.Cl. The van der Waals surface area contributed by atoms with E-state index in [-0.39, 0.29) is 36.1 Å². The molecule has 0 unspecified atom stereocenters. The monoisotopic (exact) mass is 383 g/mol. The maximum absolute atomic E-state index is 11.9. The Hall–Kier alpha value is -0.360. The van der Waals surface area contributed by atoms with E-state index in [0.29, 0.717) is 12.2 Å². The van der Waals surface area contributed by atoms with Crippen LogP contribution in [0.15, 0.2) is 22.8 Å². The van der Waals surface area contributed by atoms with E-state index in [0.717, 1.165) is 30.4 Å². The predicted molar refractivity (Wildman–Crippen MR) is 89.0 cm³/mol. The highest BCUT2D eigenvalue weighted by molar-refractivity contribution is 9.10. The fraction of sp³-hybridized carbons (Fsp3) is 0.538. The quantitative estimate of drug-likeness (QED) is 0.842. The molecule has 2 N–H and O–H groups in total. The molecule has 0 spiro atoms. The minimum atomic E-state index is -0.0951. The summed E-state index contributed by atoms with van der Waals surface area (Å²) in [4.78, 5) is 16.0. The Labute approximate surface area is 140 Å². The number of hydrogen-bond donors (Lipinski definition) is 2. The minimum Gasteiger partial charge on any atom is -0.350 e. The van der Waals surface area contributed by atoms with Crippen molar-refractivity contribution < 1.29 is 4.79 Å². The van der Waals surface area contributed by atoms with Gasteiger partial charge < -0.3 is 10.6 Å². The first-order valence-electron chi connectivity index (χ1n) is 6.20. The highest BCUT2D eigenvalue weighted by Gasteiger charge is 2.27. The summed E-state index contributed by atoms with van der Waals surface area (Å²) in [5.74, 6) is -0.0951. The van der Waals surface area contributed by atoms with Crippen LogP contribution < -0.4 is 10.6 Å². The zero-order chi connectivity index (χ0) is 13.0. The molecule has 2 heterocycles. The van der Waals surface area contributed by atoms with Gasteiger partial charge in [0.1, 0.15) is 5.69 Å². The van der Waals surface area contributed by atoms with Crippen molar-refractivity contribution in [3.8, 4) is 0 Å². The second kappa shape index (κ2) is 8.82. The molecule has 1 amide bonds. The maximum atomic E-state index is 11.9. The molecule has 20 heavy (non-hydrogen) atoms. The van der Waals surface area contributed by atoms with E-state index < -0.39 is 0 Å². The van der Waals surface area contributed by atoms with Crippen LogP contribution in [-0.2, 0) is 0 Å². The summed E-state index contributed by atoms with van der Waals surface area (Å²) in [6, 6.07) is 3.55. The molecule has 114 valence electrons. The number of amides is 1. The Balaban J connectivity index is 0.00000180. The van der Waals surface area contributed by atoms with Gasteiger partial charge in [0.2, 0.25) is 0 Å². The fourth-order valence-electron chi connectivity index (χ4n) is 2.10. The molecule has 7 heteroatoms. The summed E-state index contributed by atoms with van der Waals surface area (Å²) in [6.45, 7) is 5.00. The van der Waals surface area contributed by atoms with Crippen molar-refractivity contribution in [3.05, 3.63) is 28.5 Å². The van der Waals surface area contributed by atoms with Gasteiger partial charge in [-0.2, -0.15) is 0 Å². The third kappa shape index (κ3) is 5.56. The normalized spacial score (nSPS) is 16.5. The summed E-state index contributed by atoms with van der Waals surface area (Å²) in [7, 11) is 0. The van der Waals surface area contributed by atoms with Crippen LogP contribution in [-0.4, -0.2) is 30.5 Å². The molecule has 1 aromatic rings. The molecule has 1 aliphatic rings. The Kier molecular flexibility index (Phi) is 8.66. The molecule has 1 fully saturated rings. The molecule has 0 aliphatic carbocycles. The van der Waals surface area contributed by atoms with Gasteiger partial charge >= 0.3 is 0 Å². The summed E-state index contributed by atoms with van der Waals surface area (Å²) in [6.07, 6.45) is 3.84. The number of carbonyl (C=O) groups is 1. The lowest BCUT2D eigenvalue weighted by molar-refractivity contribution is 0.0917. The van der Waals surface area contributed by atoms with Gasteiger partial charge in [0.25, 0.3) is 5.91 Å². The van der Waals surface area contributed by atoms with Gasteiger partial charge in [-0.25, -0.2) is 4.98 Å². The van der Waals surface area contributed by atoms with Crippen LogP contribution in [0.5, 0.6) is 0 Å². The average Bonchev–Trinajstić information content (AvgIpc) is 2.38. The van der Waals surface area contributed by atoms with Crippen molar-refractivity contribution in [1.82, 2.24) is 15.6 Å². The standard InChI is InChI=1S/C13H18BrN3O.2ClH/c1-13(4-6-15-7-5-13)9-17-12(18)11-3-2-10(14)8-16-11;;/h2-3,8,15H,4-7,9H2,1H3,(H,17,18);2*1H. The third-order valence-corrected chi connectivity index (χ3v) is 3.92. The second-order valence-electron chi connectivity index (χ2n) is 5.10. The molecular weight excluding hydrogens is 365 g/mol.